The molecule has 5 nitrogen and oxygen atoms in total. The molecule has 132 valence electrons. The van der Waals surface area contributed by atoms with Gasteiger partial charge in [0.2, 0.25) is 5.91 Å². The first-order valence-corrected chi connectivity index (χ1v) is 9.54. The van der Waals surface area contributed by atoms with E-state index in [1.165, 1.54) is 30.4 Å². The number of amides is 2. The van der Waals surface area contributed by atoms with E-state index in [4.69, 9.17) is 4.74 Å². The van der Waals surface area contributed by atoms with Crippen molar-refractivity contribution >= 4 is 17.7 Å². The SMILES string of the molecule is O=C([C@H]1C[C@H]2CC[C@H]1C2)N1CCc2c(cccc2N2CCOC2=O)C1. The number of hydrogen-bond acceptors (Lipinski definition) is 3. The summed E-state index contributed by atoms with van der Waals surface area (Å²) in [5.41, 5.74) is 3.35. The third-order valence-electron chi connectivity index (χ3n) is 6.66. The van der Waals surface area contributed by atoms with Crippen molar-refractivity contribution in [1.29, 1.82) is 0 Å². The van der Waals surface area contributed by atoms with Crippen LogP contribution in [0, 0.1) is 17.8 Å². The maximum absolute atomic E-state index is 13.0. The molecule has 1 aromatic carbocycles. The number of nitrogens with zero attached hydrogens (tertiary/aromatic N) is 2. The Labute approximate surface area is 147 Å². The molecule has 25 heavy (non-hydrogen) atoms. The van der Waals surface area contributed by atoms with Gasteiger partial charge in [-0.15, -0.1) is 0 Å². The van der Waals surface area contributed by atoms with Gasteiger partial charge in [-0.05, 0) is 54.7 Å². The summed E-state index contributed by atoms with van der Waals surface area (Å²) in [6.07, 6.45) is 5.50. The zero-order chi connectivity index (χ0) is 17.0. The lowest BCUT2D eigenvalue weighted by molar-refractivity contribution is -0.138. The minimum absolute atomic E-state index is 0.256. The fourth-order valence-corrected chi connectivity index (χ4v) is 5.42. The van der Waals surface area contributed by atoms with E-state index in [0.717, 1.165) is 31.0 Å². The second-order valence-corrected chi connectivity index (χ2v) is 7.97. The summed E-state index contributed by atoms with van der Waals surface area (Å²) in [6.45, 7) is 2.51. The Morgan fingerprint density at radius 1 is 1.16 bits per heavy atom. The molecule has 0 radical (unpaired) electrons. The van der Waals surface area contributed by atoms with Crippen molar-refractivity contribution in [3.8, 4) is 0 Å². The van der Waals surface area contributed by atoms with E-state index in [1.807, 2.05) is 12.1 Å². The lowest BCUT2D eigenvalue weighted by Crippen LogP contribution is -2.41. The molecule has 0 unspecified atom stereocenters. The molecule has 2 bridgehead atoms. The molecule has 0 aromatic heterocycles. The quantitative estimate of drug-likeness (QED) is 0.832. The minimum Gasteiger partial charge on any atom is -0.447 e. The van der Waals surface area contributed by atoms with Crippen molar-refractivity contribution in [2.24, 2.45) is 17.8 Å². The van der Waals surface area contributed by atoms with Crippen LogP contribution in [0.15, 0.2) is 18.2 Å². The van der Waals surface area contributed by atoms with Gasteiger partial charge >= 0.3 is 6.09 Å². The molecule has 4 aliphatic rings. The Morgan fingerprint density at radius 3 is 2.80 bits per heavy atom. The topological polar surface area (TPSA) is 49.9 Å². The molecule has 2 aliphatic heterocycles. The van der Waals surface area contributed by atoms with Crippen molar-refractivity contribution in [2.45, 2.75) is 38.6 Å². The number of fused-ring (bicyclic) bond motifs is 3. The second kappa shape index (κ2) is 5.75. The van der Waals surface area contributed by atoms with Gasteiger partial charge in [-0.2, -0.15) is 0 Å². The molecule has 5 heteroatoms. The molecular formula is C20H24N2O3. The maximum atomic E-state index is 13.0. The molecule has 1 aromatic rings. The molecular weight excluding hydrogens is 316 g/mol. The van der Waals surface area contributed by atoms with Gasteiger partial charge in [0, 0.05) is 19.0 Å². The number of benzene rings is 1. The molecule has 2 heterocycles. The Bertz CT molecular complexity index is 732. The Balaban J connectivity index is 1.36. The summed E-state index contributed by atoms with van der Waals surface area (Å²) in [5.74, 6) is 2.05. The number of carbonyl (C=O) groups excluding carboxylic acids is 2. The zero-order valence-corrected chi connectivity index (χ0v) is 14.4. The van der Waals surface area contributed by atoms with Crippen LogP contribution in [-0.2, 0) is 22.5 Å². The maximum Gasteiger partial charge on any atom is 0.414 e. The van der Waals surface area contributed by atoms with E-state index in [-0.39, 0.29) is 12.0 Å². The monoisotopic (exact) mass is 340 g/mol. The molecule has 2 saturated carbocycles. The highest BCUT2D eigenvalue weighted by Crippen LogP contribution is 2.49. The van der Waals surface area contributed by atoms with E-state index in [2.05, 4.69) is 11.0 Å². The average Bonchev–Trinajstić information content (AvgIpc) is 3.37. The van der Waals surface area contributed by atoms with Gasteiger partial charge < -0.3 is 9.64 Å². The fraction of sp³-hybridized carbons (Fsp3) is 0.600. The molecule has 1 saturated heterocycles. The third kappa shape index (κ3) is 2.43. The van der Waals surface area contributed by atoms with E-state index >= 15 is 0 Å². The number of hydrogen-bond donors (Lipinski definition) is 0. The lowest BCUT2D eigenvalue weighted by atomic mass is 9.87. The van der Waals surface area contributed by atoms with Gasteiger partial charge in [0.25, 0.3) is 0 Å². The molecule has 0 N–H and O–H groups in total. The van der Waals surface area contributed by atoms with Crippen LogP contribution in [0.25, 0.3) is 0 Å². The van der Waals surface area contributed by atoms with Crippen LogP contribution in [0.2, 0.25) is 0 Å². The lowest BCUT2D eigenvalue weighted by Gasteiger charge is -2.34. The van der Waals surface area contributed by atoms with Crippen LogP contribution in [0.5, 0.6) is 0 Å². The van der Waals surface area contributed by atoms with Crippen molar-refractivity contribution in [3.63, 3.8) is 0 Å². The largest absolute Gasteiger partial charge is 0.447 e. The normalized spacial score (nSPS) is 30.6. The van der Waals surface area contributed by atoms with E-state index in [1.54, 1.807) is 4.90 Å². The summed E-state index contributed by atoms with van der Waals surface area (Å²) in [6, 6.07) is 6.09. The van der Waals surface area contributed by atoms with Gasteiger partial charge in [0.1, 0.15) is 6.61 Å². The highest BCUT2D eigenvalue weighted by Gasteiger charge is 2.44. The first kappa shape index (κ1) is 15.2. The van der Waals surface area contributed by atoms with Crippen LogP contribution < -0.4 is 4.90 Å². The van der Waals surface area contributed by atoms with Gasteiger partial charge in [-0.1, -0.05) is 18.6 Å². The summed E-state index contributed by atoms with van der Waals surface area (Å²) in [4.78, 5) is 28.7. The van der Waals surface area contributed by atoms with Crippen molar-refractivity contribution in [1.82, 2.24) is 4.90 Å². The predicted octanol–water partition coefficient (Wildman–Crippen LogP) is 2.96. The minimum atomic E-state index is -0.256. The molecule has 0 spiro atoms. The molecule has 5 rings (SSSR count). The Morgan fingerprint density at radius 2 is 2.08 bits per heavy atom. The molecule has 2 amide bonds. The van der Waals surface area contributed by atoms with Gasteiger partial charge in [-0.3, -0.25) is 9.69 Å². The van der Waals surface area contributed by atoms with Crippen molar-refractivity contribution in [2.75, 3.05) is 24.6 Å². The third-order valence-corrected chi connectivity index (χ3v) is 6.66. The first-order chi connectivity index (χ1) is 12.2. The molecule has 2 aliphatic carbocycles. The van der Waals surface area contributed by atoms with Gasteiger partial charge in [0.05, 0.1) is 12.2 Å². The summed E-state index contributed by atoms with van der Waals surface area (Å²) in [5, 5.41) is 0. The van der Waals surface area contributed by atoms with E-state index in [9.17, 15) is 9.59 Å². The van der Waals surface area contributed by atoms with E-state index < -0.39 is 0 Å². The summed E-state index contributed by atoms with van der Waals surface area (Å²) in [7, 11) is 0. The second-order valence-electron chi connectivity index (χ2n) is 7.97. The van der Waals surface area contributed by atoms with Crippen LogP contribution in [0.1, 0.15) is 36.8 Å². The predicted molar refractivity (Wildman–Crippen MR) is 93.2 cm³/mol. The summed E-state index contributed by atoms with van der Waals surface area (Å²) < 4.78 is 5.09. The number of anilines is 1. The fourth-order valence-electron chi connectivity index (χ4n) is 5.42. The van der Waals surface area contributed by atoms with Crippen LogP contribution in [-0.4, -0.2) is 36.6 Å². The van der Waals surface area contributed by atoms with Crippen molar-refractivity contribution < 1.29 is 14.3 Å². The average molecular weight is 340 g/mol. The van der Waals surface area contributed by atoms with Gasteiger partial charge in [-0.25, -0.2) is 4.79 Å². The number of rotatable bonds is 2. The van der Waals surface area contributed by atoms with Crippen LogP contribution in [0.3, 0.4) is 0 Å². The van der Waals surface area contributed by atoms with Crippen LogP contribution >= 0.6 is 0 Å². The van der Waals surface area contributed by atoms with Gasteiger partial charge in [0.15, 0.2) is 0 Å². The van der Waals surface area contributed by atoms with Crippen molar-refractivity contribution in [3.05, 3.63) is 29.3 Å². The standard InChI is InChI=1S/C20H24N2O3/c23-19(17-11-13-4-5-14(17)10-13)21-7-6-16-15(12-21)2-1-3-18(16)22-8-9-25-20(22)24/h1-3,13-14,17H,4-12H2/t13-,14-,17-/m0/s1. The smallest absolute Gasteiger partial charge is 0.414 e. The first-order valence-electron chi connectivity index (χ1n) is 9.54. The highest BCUT2D eigenvalue weighted by molar-refractivity contribution is 5.90. The Kier molecular flexibility index (Phi) is 3.50. The Hall–Kier alpha value is -2.04. The zero-order valence-electron chi connectivity index (χ0n) is 14.4. The number of cyclic esters (lactones) is 1. The number of carbonyl (C=O) groups is 2. The molecule has 3 atom stereocenters. The van der Waals surface area contributed by atoms with Crippen LogP contribution in [0.4, 0.5) is 10.5 Å². The van der Waals surface area contributed by atoms with E-state index in [0.29, 0.717) is 31.5 Å². The highest BCUT2D eigenvalue weighted by atomic mass is 16.6. The number of ether oxygens (including phenoxy) is 1. The molecule has 3 fully saturated rings. The summed E-state index contributed by atoms with van der Waals surface area (Å²) >= 11 is 0.